The van der Waals surface area contributed by atoms with E-state index in [1.807, 2.05) is 36.4 Å². The number of ether oxygens (including phenoxy) is 2. The van der Waals surface area contributed by atoms with Crippen LogP contribution in [-0.4, -0.2) is 0 Å². The fourth-order valence-electron chi connectivity index (χ4n) is 2.09. The van der Waals surface area contributed by atoms with Crippen LogP contribution in [-0.2, 0) is 0 Å². The monoisotopic (exact) mass is 330 g/mol. The molecule has 0 aliphatic carbocycles. The third-order valence-electron chi connectivity index (χ3n) is 3.31. The normalized spacial score (nSPS) is 10.0. The molecule has 4 rings (SSSR count). The van der Waals surface area contributed by atoms with Crippen LogP contribution in [0.2, 0.25) is 0 Å². The molecule has 0 N–H and O–H groups in total. The fourth-order valence-corrected chi connectivity index (χ4v) is 2.09. The van der Waals surface area contributed by atoms with E-state index in [0.717, 1.165) is 11.5 Å². The molecule has 0 radical (unpaired) electrons. The van der Waals surface area contributed by atoms with Gasteiger partial charge in [0.2, 0.25) is 0 Å². The summed E-state index contributed by atoms with van der Waals surface area (Å²) < 4.78 is 23.3. The number of para-hydroxylation sites is 2. The lowest BCUT2D eigenvalue weighted by molar-refractivity contribution is 0.475. The molecule has 0 aromatic heterocycles. The Hall–Kier alpha value is -3.83. The predicted molar refractivity (Wildman–Crippen MR) is 88.9 cm³/mol. The number of hydrogen-bond acceptors (Lipinski definition) is 4. The third-order valence-corrected chi connectivity index (χ3v) is 3.31. The van der Waals surface area contributed by atoms with Crippen LogP contribution in [0.1, 0.15) is 11.1 Å². The molecular weight excluding hydrogens is 319 g/mol. The molecule has 1 aliphatic heterocycles. The van der Waals surface area contributed by atoms with Gasteiger partial charge in [-0.25, -0.2) is 4.39 Å². The van der Waals surface area contributed by atoms with E-state index in [0.29, 0.717) is 0 Å². The highest BCUT2D eigenvalue weighted by molar-refractivity contribution is 5.55. The number of nitrogens with zero attached hydrogens (tertiary/aromatic N) is 2. The van der Waals surface area contributed by atoms with Gasteiger partial charge < -0.3 is 9.47 Å². The molecule has 0 spiro atoms. The summed E-state index contributed by atoms with van der Waals surface area (Å²) in [6.45, 7) is 0. The van der Waals surface area contributed by atoms with Gasteiger partial charge in [0, 0.05) is 6.07 Å². The van der Waals surface area contributed by atoms with Crippen LogP contribution in [0, 0.1) is 28.5 Å². The number of rotatable bonds is 2. The maximum atomic E-state index is 13.0. The number of benzene rings is 3. The molecule has 25 heavy (non-hydrogen) atoms. The van der Waals surface area contributed by atoms with Gasteiger partial charge >= 0.3 is 0 Å². The Labute approximate surface area is 143 Å². The van der Waals surface area contributed by atoms with E-state index in [4.69, 9.17) is 20.0 Å². The number of halogens is 1. The molecule has 0 bridgehead atoms. The Balaban J connectivity index is 0.000000213. The van der Waals surface area contributed by atoms with Crippen molar-refractivity contribution in [1.29, 1.82) is 10.5 Å². The van der Waals surface area contributed by atoms with Crippen molar-refractivity contribution in [2.24, 2.45) is 0 Å². The van der Waals surface area contributed by atoms with Gasteiger partial charge in [-0.05, 0) is 36.4 Å². The van der Waals surface area contributed by atoms with E-state index in [9.17, 15) is 4.39 Å². The molecule has 120 valence electrons. The fraction of sp³-hybridized carbons (Fsp3) is 0. The van der Waals surface area contributed by atoms with Gasteiger partial charge in [-0.15, -0.1) is 0 Å². The van der Waals surface area contributed by atoms with Crippen molar-refractivity contribution in [1.82, 2.24) is 0 Å². The largest absolute Gasteiger partial charge is 0.456 e. The minimum absolute atomic E-state index is 0.143. The van der Waals surface area contributed by atoms with Crippen LogP contribution in [0.4, 0.5) is 4.39 Å². The molecule has 0 atom stereocenters. The number of fused-ring (bicyclic) bond motifs is 1. The maximum absolute atomic E-state index is 13.0. The topological polar surface area (TPSA) is 69.3 Å². The van der Waals surface area contributed by atoms with Crippen molar-refractivity contribution in [3.63, 3.8) is 0 Å². The van der Waals surface area contributed by atoms with Crippen molar-refractivity contribution in [2.45, 2.75) is 0 Å². The highest BCUT2D eigenvalue weighted by Gasteiger charge is 2.15. The SMILES string of the molecule is N#Cc1cccc(Oc2cccc(F)c2)c1C#N.c1ccc2c(c1)O2. The van der Waals surface area contributed by atoms with Crippen LogP contribution in [0.5, 0.6) is 23.0 Å². The van der Waals surface area contributed by atoms with Crippen LogP contribution in [0.15, 0.2) is 66.7 Å². The summed E-state index contributed by atoms with van der Waals surface area (Å²) in [4.78, 5) is 0. The Morgan fingerprint density at radius 3 is 2.16 bits per heavy atom. The highest BCUT2D eigenvalue weighted by Crippen LogP contribution is 2.43. The minimum Gasteiger partial charge on any atom is -0.456 e. The van der Waals surface area contributed by atoms with Crippen molar-refractivity contribution >= 4 is 0 Å². The summed E-state index contributed by atoms with van der Waals surface area (Å²) >= 11 is 0. The first-order valence-electron chi connectivity index (χ1n) is 7.35. The van der Waals surface area contributed by atoms with Crippen LogP contribution in [0.25, 0.3) is 0 Å². The first-order valence-corrected chi connectivity index (χ1v) is 7.35. The molecule has 0 fully saturated rings. The molecule has 0 amide bonds. The molecule has 5 heteroatoms. The zero-order valence-corrected chi connectivity index (χ0v) is 12.9. The van der Waals surface area contributed by atoms with Crippen molar-refractivity contribution < 1.29 is 13.9 Å². The smallest absolute Gasteiger partial charge is 0.170 e. The Bertz CT molecular complexity index is 982. The van der Waals surface area contributed by atoms with Crippen LogP contribution < -0.4 is 9.47 Å². The zero-order valence-electron chi connectivity index (χ0n) is 12.9. The first-order chi connectivity index (χ1) is 12.2. The quantitative estimate of drug-likeness (QED) is 0.476. The highest BCUT2D eigenvalue weighted by atomic mass is 19.1. The first kappa shape index (κ1) is 16.0. The van der Waals surface area contributed by atoms with Crippen LogP contribution >= 0.6 is 0 Å². The standard InChI is InChI=1S/C14H7FN2O.C6H4O/c15-11-4-2-5-12(7-11)18-14-6-1-3-10(8-16)13(14)9-17;1-2-4-6-5(3-1)7-6/h1-7H;1-4H. The lowest BCUT2D eigenvalue weighted by atomic mass is 10.1. The van der Waals surface area contributed by atoms with Crippen molar-refractivity contribution in [2.75, 3.05) is 0 Å². The van der Waals surface area contributed by atoms with Gasteiger partial charge in [-0.2, -0.15) is 10.5 Å². The molecule has 0 saturated heterocycles. The van der Waals surface area contributed by atoms with E-state index in [2.05, 4.69) is 0 Å². The third kappa shape index (κ3) is 3.93. The summed E-state index contributed by atoms with van der Waals surface area (Å²) in [5, 5.41) is 17.9. The number of nitriles is 2. The van der Waals surface area contributed by atoms with Gasteiger partial charge in [0.25, 0.3) is 0 Å². The second-order valence-electron chi connectivity index (χ2n) is 5.01. The minimum atomic E-state index is -0.428. The van der Waals surface area contributed by atoms with Crippen LogP contribution in [0.3, 0.4) is 0 Å². The molecule has 1 aliphatic rings. The van der Waals surface area contributed by atoms with E-state index < -0.39 is 5.82 Å². The second kappa shape index (κ2) is 7.16. The van der Waals surface area contributed by atoms with Gasteiger partial charge in [0.1, 0.15) is 35.0 Å². The second-order valence-corrected chi connectivity index (χ2v) is 5.01. The number of hydrogen-bond donors (Lipinski definition) is 0. The Kier molecular flexibility index (Phi) is 4.60. The predicted octanol–water partition coefficient (Wildman–Crippen LogP) is 5.15. The van der Waals surface area contributed by atoms with E-state index in [1.165, 1.54) is 24.3 Å². The van der Waals surface area contributed by atoms with Gasteiger partial charge in [0.05, 0.1) is 5.56 Å². The molecule has 4 nitrogen and oxygen atoms in total. The van der Waals surface area contributed by atoms with Crippen molar-refractivity contribution in [3.8, 4) is 35.1 Å². The van der Waals surface area contributed by atoms with Gasteiger partial charge in [0.15, 0.2) is 11.5 Å². The summed E-state index contributed by atoms with van der Waals surface area (Å²) in [5.74, 6) is 2.15. The Morgan fingerprint density at radius 1 is 0.840 bits per heavy atom. The summed E-state index contributed by atoms with van der Waals surface area (Å²) in [6, 6.07) is 21.9. The average molecular weight is 330 g/mol. The van der Waals surface area contributed by atoms with E-state index in [1.54, 1.807) is 18.2 Å². The molecular formula is C20H11FN2O2. The lowest BCUT2D eigenvalue weighted by Crippen LogP contribution is -1.91. The summed E-state index contributed by atoms with van der Waals surface area (Å²) in [5.41, 5.74) is 0.371. The average Bonchev–Trinajstić information content (AvgIpc) is 3.42. The zero-order chi connectivity index (χ0) is 17.6. The molecule has 0 saturated carbocycles. The van der Waals surface area contributed by atoms with E-state index in [-0.39, 0.29) is 22.6 Å². The summed E-state index contributed by atoms with van der Waals surface area (Å²) in [7, 11) is 0. The Morgan fingerprint density at radius 2 is 1.56 bits per heavy atom. The lowest BCUT2D eigenvalue weighted by Gasteiger charge is -2.07. The molecule has 3 aromatic carbocycles. The van der Waals surface area contributed by atoms with Gasteiger partial charge in [-0.1, -0.05) is 24.3 Å². The van der Waals surface area contributed by atoms with E-state index >= 15 is 0 Å². The summed E-state index contributed by atoms with van der Waals surface area (Å²) in [6.07, 6.45) is 0. The molecule has 0 unspecified atom stereocenters. The van der Waals surface area contributed by atoms with Gasteiger partial charge in [-0.3, -0.25) is 0 Å². The maximum Gasteiger partial charge on any atom is 0.170 e. The molecule has 1 heterocycles. The molecule has 3 aromatic rings. The van der Waals surface area contributed by atoms with Crippen molar-refractivity contribution in [3.05, 3.63) is 83.7 Å².